The summed E-state index contributed by atoms with van der Waals surface area (Å²) in [6.45, 7) is 2.45. The third-order valence-corrected chi connectivity index (χ3v) is 2.56. The molecular weight excluding hydrogens is 214 g/mol. The van der Waals surface area contributed by atoms with Crippen LogP contribution < -0.4 is 10.5 Å². The largest absolute Gasteiger partial charge is 0.487 e. The van der Waals surface area contributed by atoms with Crippen LogP contribution in [0.2, 0.25) is 0 Å². The van der Waals surface area contributed by atoms with Gasteiger partial charge in [-0.3, -0.25) is 4.68 Å². The number of nitrogens with zero attached hydrogens (tertiary/aromatic N) is 2. The van der Waals surface area contributed by atoms with Gasteiger partial charge in [0, 0.05) is 19.3 Å². The van der Waals surface area contributed by atoms with Gasteiger partial charge in [0.25, 0.3) is 0 Å². The van der Waals surface area contributed by atoms with Crippen molar-refractivity contribution in [3.05, 3.63) is 47.8 Å². The number of aromatic nitrogens is 2. The maximum Gasteiger partial charge on any atom is 0.132 e. The minimum Gasteiger partial charge on any atom is -0.487 e. The lowest BCUT2D eigenvalue weighted by Gasteiger charge is -2.07. The van der Waals surface area contributed by atoms with Gasteiger partial charge in [0.15, 0.2) is 0 Å². The van der Waals surface area contributed by atoms with E-state index in [4.69, 9.17) is 10.5 Å². The highest BCUT2D eigenvalue weighted by Gasteiger charge is 2.01. The van der Waals surface area contributed by atoms with Crippen molar-refractivity contribution in [2.75, 3.05) is 0 Å². The third kappa shape index (κ3) is 3.07. The molecule has 0 spiro atoms. The van der Waals surface area contributed by atoms with Crippen LogP contribution in [0.4, 0.5) is 0 Å². The molecule has 0 aliphatic heterocycles. The molecular formula is C13H17N3O. The van der Waals surface area contributed by atoms with E-state index < -0.39 is 0 Å². The van der Waals surface area contributed by atoms with Crippen LogP contribution in [0.25, 0.3) is 0 Å². The average Bonchev–Trinajstić information content (AvgIpc) is 2.73. The minimum atomic E-state index is 0.0554. The summed E-state index contributed by atoms with van der Waals surface area (Å²) in [7, 11) is 1.89. The quantitative estimate of drug-likeness (QED) is 0.875. The molecule has 0 radical (unpaired) electrons. The van der Waals surface area contributed by atoms with E-state index in [-0.39, 0.29) is 6.04 Å². The Labute approximate surface area is 101 Å². The Bertz CT molecular complexity index is 474. The molecule has 1 atom stereocenters. The molecule has 2 aromatic rings. The number of aryl methyl sites for hydroxylation is 1. The third-order valence-electron chi connectivity index (χ3n) is 2.56. The van der Waals surface area contributed by atoms with Crippen molar-refractivity contribution in [2.45, 2.75) is 19.6 Å². The van der Waals surface area contributed by atoms with Crippen LogP contribution in [0.3, 0.4) is 0 Å². The van der Waals surface area contributed by atoms with Crippen LogP contribution in [-0.2, 0) is 13.7 Å². The molecule has 0 saturated carbocycles. The molecule has 0 amide bonds. The molecule has 0 aliphatic rings. The topological polar surface area (TPSA) is 53.1 Å². The molecule has 0 saturated heterocycles. The van der Waals surface area contributed by atoms with Crippen LogP contribution in [0.1, 0.15) is 24.2 Å². The maximum absolute atomic E-state index is 5.78. The van der Waals surface area contributed by atoms with Gasteiger partial charge in [-0.2, -0.15) is 5.10 Å². The Morgan fingerprint density at radius 3 is 2.53 bits per heavy atom. The Balaban J connectivity index is 1.95. The van der Waals surface area contributed by atoms with Crippen LogP contribution in [-0.4, -0.2) is 9.78 Å². The van der Waals surface area contributed by atoms with E-state index in [0.29, 0.717) is 6.61 Å². The van der Waals surface area contributed by atoms with E-state index in [2.05, 4.69) is 5.10 Å². The Morgan fingerprint density at radius 1 is 1.29 bits per heavy atom. The van der Waals surface area contributed by atoms with Gasteiger partial charge in [0.1, 0.15) is 12.4 Å². The first-order valence-electron chi connectivity index (χ1n) is 5.62. The summed E-state index contributed by atoms with van der Waals surface area (Å²) in [6, 6.07) is 9.83. The summed E-state index contributed by atoms with van der Waals surface area (Å²) >= 11 is 0. The van der Waals surface area contributed by atoms with Crippen molar-refractivity contribution in [1.29, 1.82) is 0 Å². The van der Waals surface area contributed by atoms with Gasteiger partial charge in [-0.15, -0.1) is 0 Å². The normalized spacial score (nSPS) is 12.4. The van der Waals surface area contributed by atoms with Crippen molar-refractivity contribution >= 4 is 0 Å². The zero-order chi connectivity index (χ0) is 12.3. The first-order valence-corrected chi connectivity index (χ1v) is 5.62. The van der Waals surface area contributed by atoms with Crippen molar-refractivity contribution in [2.24, 2.45) is 12.8 Å². The highest BCUT2D eigenvalue weighted by molar-refractivity contribution is 5.28. The monoisotopic (exact) mass is 231 g/mol. The van der Waals surface area contributed by atoms with Gasteiger partial charge < -0.3 is 10.5 Å². The Hall–Kier alpha value is -1.81. The van der Waals surface area contributed by atoms with Crippen molar-refractivity contribution in [3.8, 4) is 5.75 Å². The Morgan fingerprint density at radius 2 is 2.00 bits per heavy atom. The van der Waals surface area contributed by atoms with E-state index in [0.717, 1.165) is 17.0 Å². The number of nitrogens with two attached hydrogens (primary N) is 1. The molecule has 0 bridgehead atoms. The van der Waals surface area contributed by atoms with Crippen molar-refractivity contribution < 1.29 is 4.74 Å². The zero-order valence-electron chi connectivity index (χ0n) is 10.1. The van der Waals surface area contributed by atoms with E-state index >= 15 is 0 Å². The number of hydrogen-bond acceptors (Lipinski definition) is 3. The minimum absolute atomic E-state index is 0.0554. The lowest BCUT2D eigenvalue weighted by molar-refractivity contribution is 0.300. The van der Waals surface area contributed by atoms with Gasteiger partial charge in [-0.05, 0) is 30.7 Å². The van der Waals surface area contributed by atoms with Gasteiger partial charge in [-0.1, -0.05) is 12.1 Å². The molecule has 4 nitrogen and oxygen atoms in total. The molecule has 1 heterocycles. The summed E-state index contributed by atoms with van der Waals surface area (Å²) in [4.78, 5) is 0. The van der Waals surface area contributed by atoms with Gasteiger partial charge >= 0.3 is 0 Å². The van der Waals surface area contributed by atoms with E-state index in [1.165, 1.54) is 0 Å². The molecule has 0 fully saturated rings. The molecule has 4 heteroatoms. The molecule has 1 aromatic heterocycles. The van der Waals surface area contributed by atoms with Crippen LogP contribution in [0, 0.1) is 0 Å². The number of ether oxygens (including phenoxy) is 1. The summed E-state index contributed by atoms with van der Waals surface area (Å²) in [6.07, 6.45) is 1.90. The summed E-state index contributed by atoms with van der Waals surface area (Å²) in [5, 5.41) is 4.24. The zero-order valence-corrected chi connectivity index (χ0v) is 10.1. The van der Waals surface area contributed by atoms with E-state index in [1.807, 2.05) is 50.5 Å². The fraction of sp³-hybridized carbons (Fsp3) is 0.308. The highest BCUT2D eigenvalue weighted by Crippen LogP contribution is 2.16. The number of hydrogen-bond donors (Lipinski definition) is 1. The smallest absolute Gasteiger partial charge is 0.132 e. The molecule has 1 aromatic carbocycles. The van der Waals surface area contributed by atoms with Gasteiger partial charge in [0.05, 0.1) is 5.69 Å². The van der Waals surface area contributed by atoms with Crippen molar-refractivity contribution in [3.63, 3.8) is 0 Å². The van der Waals surface area contributed by atoms with Gasteiger partial charge in [-0.25, -0.2) is 0 Å². The molecule has 2 rings (SSSR count). The van der Waals surface area contributed by atoms with Crippen LogP contribution in [0.15, 0.2) is 36.5 Å². The molecule has 90 valence electrons. The second kappa shape index (κ2) is 5.01. The lowest BCUT2D eigenvalue weighted by atomic mass is 10.1. The van der Waals surface area contributed by atoms with Crippen molar-refractivity contribution in [1.82, 2.24) is 9.78 Å². The second-order valence-electron chi connectivity index (χ2n) is 4.13. The predicted octanol–water partition coefficient (Wildman–Crippen LogP) is 2.02. The Kier molecular flexibility index (Phi) is 3.44. The average molecular weight is 231 g/mol. The fourth-order valence-corrected chi connectivity index (χ4v) is 1.57. The molecule has 1 unspecified atom stereocenters. The number of rotatable bonds is 4. The van der Waals surface area contributed by atoms with E-state index in [1.54, 1.807) is 4.68 Å². The first-order chi connectivity index (χ1) is 8.15. The maximum atomic E-state index is 5.78. The first kappa shape index (κ1) is 11.7. The lowest BCUT2D eigenvalue weighted by Crippen LogP contribution is -2.04. The van der Waals surface area contributed by atoms with Crippen LogP contribution in [0.5, 0.6) is 5.75 Å². The SMILES string of the molecule is CC(N)c1ccc(OCc2ccn(C)n2)cc1. The van der Waals surface area contributed by atoms with Crippen LogP contribution >= 0.6 is 0 Å². The van der Waals surface area contributed by atoms with E-state index in [9.17, 15) is 0 Å². The molecule has 0 aliphatic carbocycles. The van der Waals surface area contributed by atoms with Gasteiger partial charge in [0.2, 0.25) is 0 Å². The summed E-state index contributed by atoms with van der Waals surface area (Å²) in [5.74, 6) is 0.833. The molecule has 17 heavy (non-hydrogen) atoms. The molecule has 2 N–H and O–H groups in total. The fourth-order valence-electron chi connectivity index (χ4n) is 1.57. The second-order valence-corrected chi connectivity index (χ2v) is 4.13. The number of benzene rings is 1. The highest BCUT2D eigenvalue weighted by atomic mass is 16.5. The summed E-state index contributed by atoms with van der Waals surface area (Å²) in [5.41, 5.74) is 7.80. The standard InChI is InChI=1S/C13H17N3O/c1-10(14)11-3-5-13(6-4-11)17-9-12-7-8-16(2)15-12/h3-8,10H,9,14H2,1-2H3. The predicted molar refractivity (Wildman–Crippen MR) is 66.6 cm³/mol. The summed E-state index contributed by atoms with van der Waals surface area (Å²) < 4.78 is 7.39.